The third-order valence-corrected chi connectivity index (χ3v) is 4.12. The molecule has 5 heteroatoms. The van der Waals surface area contributed by atoms with Crippen molar-refractivity contribution in [1.29, 1.82) is 0 Å². The molecule has 2 rings (SSSR count). The Morgan fingerprint density at radius 3 is 2.50 bits per heavy atom. The van der Waals surface area contributed by atoms with E-state index in [2.05, 4.69) is 41.5 Å². The van der Waals surface area contributed by atoms with Crippen molar-refractivity contribution in [3.05, 3.63) is 35.9 Å². The summed E-state index contributed by atoms with van der Waals surface area (Å²) in [4.78, 5) is 14.5. The zero-order valence-electron chi connectivity index (χ0n) is 13.6. The molecule has 1 saturated heterocycles. The van der Waals surface area contributed by atoms with Crippen molar-refractivity contribution in [2.45, 2.75) is 25.7 Å². The summed E-state index contributed by atoms with van der Waals surface area (Å²) < 4.78 is 0. The van der Waals surface area contributed by atoms with Crippen LogP contribution in [0.2, 0.25) is 0 Å². The number of amides is 1. The Morgan fingerprint density at radius 1 is 1.23 bits per heavy atom. The van der Waals surface area contributed by atoms with Crippen LogP contribution in [0.15, 0.2) is 30.3 Å². The van der Waals surface area contributed by atoms with E-state index in [-0.39, 0.29) is 23.7 Å². The molecule has 2 N–H and O–H groups in total. The maximum absolute atomic E-state index is 12.1. The lowest BCUT2D eigenvalue weighted by Gasteiger charge is -2.28. The Labute approximate surface area is 140 Å². The van der Waals surface area contributed by atoms with Crippen molar-refractivity contribution >= 4 is 18.3 Å². The highest BCUT2D eigenvalue weighted by Gasteiger charge is 2.23. The van der Waals surface area contributed by atoms with Gasteiger partial charge in [-0.05, 0) is 11.0 Å². The van der Waals surface area contributed by atoms with Gasteiger partial charge in [0.1, 0.15) is 0 Å². The van der Waals surface area contributed by atoms with E-state index in [9.17, 15) is 4.79 Å². The second-order valence-corrected chi connectivity index (χ2v) is 6.37. The molecular formula is C17H28ClN3O. The second kappa shape index (κ2) is 9.13. The molecule has 4 nitrogen and oxygen atoms in total. The third kappa shape index (κ3) is 5.95. The molecular weight excluding hydrogens is 298 g/mol. The van der Waals surface area contributed by atoms with E-state index < -0.39 is 0 Å². The van der Waals surface area contributed by atoms with E-state index in [0.29, 0.717) is 6.42 Å². The van der Waals surface area contributed by atoms with Gasteiger partial charge >= 0.3 is 0 Å². The van der Waals surface area contributed by atoms with Crippen molar-refractivity contribution in [1.82, 2.24) is 15.5 Å². The van der Waals surface area contributed by atoms with Gasteiger partial charge in [0.15, 0.2) is 0 Å². The lowest BCUT2D eigenvalue weighted by atomic mass is 9.81. The van der Waals surface area contributed by atoms with Crippen LogP contribution in [0.5, 0.6) is 0 Å². The first-order valence-corrected chi connectivity index (χ1v) is 7.83. The predicted octanol–water partition coefficient (Wildman–Crippen LogP) is 1.80. The van der Waals surface area contributed by atoms with E-state index >= 15 is 0 Å². The van der Waals surface area contributed by atoms with Gasteiger partial charge in [0.05, 0.1) is 0 Å². The number of halogens is 1. The van der Waals surface area contributed by atoms with Crippen LogP contribution in [-0.4, -0.2) is 50.1 Å². The van der Waals surface area contributed by atoms with Crippen molar-refractivity contribution in [3.63, 3.8) is 0 Å². The molecule has 1 aromatic carbocycles. The highest BCUT2D eigenvalue weighted by atomic mass is 35.5. The number of nitrogens with one attached hydrogen (secondary N) is 2. The fourth-order valence-corrected chi connectivity index (χ4v) is 2.74. The number of carbonyl (C=O) groups is 1. The molecule has 0 aromatic heterocycles. The molecule has 1 heterocycles. The molecule has 22 heavy (non-hydrogen) atoms. The fraction of sp³-hybridized carbons (Fsp3) is 0.588. The number of hydrogen-bond donors (Lipinski definition) is 2. The van der Waals surface area contributed by atoms with E-state index in [4.69, 9.17) is 0 Å². The van der Waals surface area contributed by atoms with Gasteiger partial charge in [-0.15, -0.1) is 12.4 Å². The van der Waals surface area contributed by atoms with Crippen LogP contribution in [0, 0.1) is 0 Å². The fourth-order valence-electron chi connectivity index (χ4n) is 2.74. The summed E-state index contributed by atoms with van der Waals surface area (Å²) in [6.07, 6.45) is 0.526. The molecule has 1 amide bonds. The van der Waals surface area contributed by atoms with E-state index in [0.717, 1.165) is 39.3 Å². The highest BCUT2D eigenvalue weighted by molar-refractivity contribution is 5.85. The SMILES string of the molecule is CC(C)(CC(=O)NCCN1CCNCC1)c1ccccc1.Cl. The lowest BCUT2D eigenvalue weighted by Crippen LogP contribution is -2.46. The number of benzene rings is 1. The van der Waals surface area contributed by atoms with Gasteiger partial charge in [-0.1, -0.05) is 44.2 Å². The molecule has 0 saturated carbocycles. The molecule has 0 aliphatic carbocycles. The minimum absolute atomic E-state index is 0. The zero-order valence-corrected chi connectivity index (χ0v) is 14.4. The third-order valence-electron chi connectivity index (χ3n) is 4.12. The van der Waals surface area contributed by atoms with Crippen LogP contribution in [0.25, 0.3) is 0 Å². The van der Waals surface area contributed by atoms with Gasteiger partial charge in [0.25, 0.3) is 0 Å². The summed E-state index contributed by atoms with van der Waals surface area (Å²) in [5.74, 6) is 0.138. The maximum Gasteiger partial charge on any atom is 0.220 e. The van der Waals surface area contributed by atoms with Crippen molar-refractivity contribution in [2.24, 2.45) is 0 Å². The number of hydrogen-bond acceptors (Lipinski definition) is 3. The maximum atomic E-state index is 12.1. The normalized spacial score (nSPS) is 15.9. The average Bonchev–Trinajstić information content (AvgIpc) is 2.49. The molecule has 0 spiro atoms. The average molecular weight is 326 g/mol. The first-order valence-electron chi connectivity index (χ1n) is 7.83. The summed E-state index contributed by atoms with van der Waals surface area (Å²) in [6.45, 7) is 10.2. The first-order chi connectivity index (χ1) is 10.1. The minimum atomic E-state index is -0.125. The number of piperazine rings is 1. The van der Waals surface area contributed by atoms with Crippen LogP contribution < -0.4 is 10.6 Å². The minimum Gasteiger partial charge on any atom is -0.355 e. The Hall–Kier alpha value is -1.10. The van der Waals surface area contributed by atoms with E-state index in [1.54, 1.807) is 0 Å². The number of carbonyl (C=O) groups excluding carboxylic acids is 1. The molecule has 0 radical (unpaired) electrons. The quantitative estimate of drug-likeness (QED) is 0.838. The summed E-state index contributed by atoms with van der Waals surface area (Å²) in [5, 5.41) is 6.39. The van der Waals surface area contributed by atoms with Gasteiger partial charge in [-0.2, -0.15) is 0 Å². The molecule has 0 bridgehead atoms. The van der Waals surface area contributed by atoms with Gasteiger partial charge in [0.2, 0.25) is 5.91 Å². The number of nitrogens with zero attached hydrogens (tertiary/aromatic N) is 1. The monoisotopic (exact) mass is 325 g/mol. The van der Waals surface area contributed by atoms with Crippen LogP contribution in [0.3, 0.4) is 0 Å². The molecule has 0 unspecified atom stereocenters. The van der Waals surface area contributed by atoms with Gasteiger partial charge in [0, 0.05) is 45.7 Å². The Morgan fingerprint density at radius 2 is 1.86 bits per heavy atom. The van der Waals surface area contributed by atoms with Crippen molar-refractivity contribution in [2.75, 3.05) is 39.3 Å². The highest BCUT2D eigenvalue weighted by Crippen LogP contribution is 2.26. The first kappa shape index (κ1) is 18.9. The molecule has 124 valence electrons. The molecule has 0 atom stereocenters. The Bertz CT molecular complexity index is 444. The smallest absolute Gasteiger partial charge is 0.220 e. The van der Waals surface area contributed by atoms with Gasteiger partial charge < -0.3 is 10.6 Å². The molecule has 1 fully saturated rings. The zero-order chi connectivity index (χ0) is 15.1. The summed E-state index contributed by atoms with van der Waals surface area (Å²) in [7, 11) is 0. The standard InChI is InChI=1S/C17H27N3O.ClH/c1-17(2,15-6-4-3-5-7-15)14-16(21)19-10-13-20-11-8-18-9-12-20;/h3-7,18H,8-14H2,1-2H3,(H,19,21);1H. The van der Waals surface area contributed by atoms with Crippen LogP contribution in [0.1, 0.15) is 25.8 Å². The van der Waals surface area contributed by atoms with E-state index in [1.165, 1.54) is 5.56 Å². The second-order valence-electron chi connectivity index (χ2n) is 6.37. The molecule has 1 aliphatic heterocycles. The van der Waals surface area contributed by atoms with Gasteiger partial charge in [-0.25, -0.2) is 0 Å². The number of rotatable bonds is 6. The molecule has 1 aromatic rings. The topological polar surface area (TPSA) is 44.4 Å². The van der Waals surface area contributed by atoms with Crippen molar-refractivity contribution < 1.29 is 4.79 Å². The van der Waals surface area contributed by atoms with Crippen LogP contribution >= 0.6 is 12.4 Å². The van der Waals surface area contributed by atoms with Crippen molar-refractivity contribution in [3.8, 4) is 0 Å². The summed E-state index contributed by atoms with van der Waals surface area (Å²) in [6, 6.07) is 10.2. The van der Waals surface area contributed by atoms with Crippen LogP contribution in [-0.2, 0) is 10.2 Å². The Balaban J connectivity index is 0.00000242. The van der Waals surface area contributed by atoms with Crippen LogP contribution in [0.4, 0.5) is 0 Å². The summed E-state index contributed by atoms with van der Waals surface area (Å²) >= 11 is 0. The summed E-state index contributed by atoms with van der Waals surface area (Å²) in [5.41, 5.74) is 1.09. The van der Waals surface area contributed by atoms with E-state index in [1.807, 2.05) is 18.2 Å². The predicted molar refractivity (Wildman–Crippen MR) is 93.7 cm³/mol. The Kier molecular flexibility index (Phi) is 7.87. The largest absolute Gasteiger partial charge is 0.355 e. The molecule has 1 aliphatic rings. The lowest BCUT2D eigenvalue weighted by molar-refractivity contribution is -0.122. The van der Waals surface area contributed by atoms with Gasteiger partial charge in [-0.3, -0.25) is 9.69 Å².